The summed E-state index contributed by atoms with van der Waals surface area (Å²) < 4.78 is 0. The van der Waals surface area contributed by atoms with E-state index < -0.39 is 0 Å². The Balaban J connectivity index is 1.63. The molecule has 0 heterocycles. The lowest BCUT2D eigenvalue weighted by molar-refractivity contribution is -0.146. The largest absolute Gasteiger partial charge is 0.299 e. The Morgan fingerprint density at radius 2 is 1.81 bits per heavy atom. The van der Waals surface area contributed by atoms with E-state index in [0.29, 0.717) is 33.9 Å². The first kappa shape index (κ1) is 23.3. The molecule has 0 aliphatic heterocycles. The molecular formula is C30H48O. The third-order valence-electron chi connectivity index (χ3n) is 11.5. The van der Waals surface area contributed by atoms with Crippen molar-refractivity contribution in [3.05, 3.63) is 23.3 Å². The molecule has 0 N–H and O–H groups in total. The van der Waals surface area contributed by atoms with E-state index in [9.17, 15) is 4.79 Å². The number of hydrogen-bond acceptors (Lipinski definition) is 1. The van der Waals surface area contributed by atoms with Crippen LogP contribution in [0.5, 0.6) is 0 Å². The summed E-state index contributed by atoms with van der Waals surface area (Å²) in [4.78, 5) is 12.8. The number of rotatable bonds is 4. The molecule has 0 aromatic carbocycles. The van der Waals surface area contributed by atoms with E-state index >= 15 is 0 Å². The average Bonchev–Trinajstić information content (AvgIpc) is 2.96. The highest BCUT2D eigenvalue weighted by Gasteiger charge is 2.65. The molecule has 4 rings (SSSR count). The molecule has 31 heavy (non-hydrogen) atoms. The second-order valence-electron chi connectivity index (χ2n) is 13.4. The van der Waals surface area contributed by atoms with Crippen molar-refractivity contribution in [2.45, 2.75) is 113 Å². The Kier molecular flexibility index (Phi) is 5.71. The number of allylic oxidation sites excluding steroid dienone is 4. The van der Waals surface area contributed by atoms with Gasteiger partial charge in [-0.15, -0.1) is 0 Å². The Bertz CT molecular complexity index is 795. The monoisotopic (exact) mass is 424 g/mol. The van der Waals surface area contributed by atoms with Gasteiger partial charge in [0, 0.05) is 11.8 Å². The first-order valence-corrected chi connectivity index (χ1v) is 13.2. The lowest BCUT2D eigenvalue weighted by Crippen LogP contribution is -2.57. The molecule has 0 saturated heterocycles. The second kappa shape index (κ2) is 7.59. The van der Waals surface area contributed by atoms with Crippen molar-refractivity contribution in [3.8, 4) is 0 Å². The van der Waals surface area contributed by atoms with Crippen LogP contribution in [0, 0.1) is 45.3 Å². The molecule has 0 unspecified atom stereocenters. The molecule has 1 nitrogen and oxygen atoms in total. The minimum Gasteiger partial charge on any atom is -0.299 e. The normalized spacial score (nSPS) is 44.6. The summed E-state index contributed by atoms with van der Waals surface area (Å²) in [6, 6.07) is 0. The van der Waals surface area contributed by atoms with Gasteiger partial charge >= 0.3 is 0 Å². The SMILES string of the molecule is CC(C)=CCC[C@H](C)[C@@H]1CC[C@]2(C)C3=CC[C@H]4C(C)(C)C(=O)CC[C@]4(C)[C@@H]3CC[C@@]12C. The molecule has 0 amide bonds. The molecule has 0 radical (unpaired) electrons. The van der Waals surface area contributed by atoms with E-state index in [1.807, 2.05) is 5.57 Å². The maximum Gasteiger partial charge on any atom is 0.138 e. The standard InChI is InChI=1S/C30H48O/c1-20(2)10-9-11-21(3)22-14-18-30(8)24-12-13-25-27(4,5)26(31)16-17-28(25,6)23(24)15-19-29(22,30)7/h10,12,21-23,25H,9,11,13-19H2,1-8H3/t21-,22-,23+,25-,28+,29-,30+/m0/s1. The van der Waals surface area contributed by atoms with E-state index in [4.69, 9.17) is 0 Å². The quantitative estimate of drug-likeness (QED) is 0.413. The van der Waals surface area contributed by atoms with E-state index in [1.165, 1.54) is 44.1 Å². The predicted molar refractivity (Wildman–Crippen MR) is 132 cm³/mol. The highest BCUT2D eigenvalue weighted by molar-refractivity contribution is 5.85. The van der Waals surface area contributed by atoms with Crippen LogP contribution in [-0.4, -0.2) is 5.78 Å². The summed E-state index contributed by atoms with van der Waals surface area (Å²) in [5, 5.41) is 0. The number of ketones is 1. The van der Waals surface area contributed by atoms with Crippen molar-refractivity contribution in [2.75, 3.05) is 0 Å². The summed E-state index contributed by atoms with van der Waals surface area (Å²) >= 11 is 0. The number of hydrogen-bond donors (Lipinski definition) is 0. The van der Waals surface area contributed by atoms with E-state index in [-0.39, 0.29) is 5.41 Å². The van der Waals surface area contributed by atoms with Crippen LogP contribution in [0.2, 0.25) is 0 Å². The van der Waals surface area contributed by atoms with Gasteiger partial charge in [0.2, 0.25) is 0 Å². The van der Waals surface area contributed by atoms with Crippen molar-refractivity contribution < 1.29 is 4.79 Å². The van der Waals surface area contributed by atoms with Gasteiger partial charge in [0.1, 0.15) is 5.78 Å². The Labute approximate surface area is 192 Å². The van der Waals surface area contributed by atoms with E-state index in [0.717, 1.165) is 31.1 Å². The van der Waals surface area contributed by atoms with Crippen LogP contribution in [0.15, 0.2) is 23.3 Å². The highest BCUT2D eigenvalue weighted by Crippen LogP contribution is 2.73. The maximum absolute atomic E-state index is 12.8. The van der Waals surface area contributed by atoms with Gasteiger partial charge in [-0.3, -0.25) is 4.79 Å². The van der Waals surface area contributed by atoms with Gasteiger partial charge in [0.15, 0.2) is 0 Å². The Morgan fingerprint density at radius 1 is 1.10 bits per heavy atom. The molecule has 0 spiro atoms. The van der Waals surface area contributed by atoms with Gasteiger partial charge in [0.25, 0.3) is 0 Å². The van der Waals surface area contributed by atoms with Crippen molar-refractivity contribution in [1.82, 2.24) is 0 Å². The number of carbonyl (C=O) groups excluding carboxylic acids is 1. The molecule has 7 atom stereocenters. The molecule has 0 bridgehead atoms. The fraction of sp³-hybridized carbons (Fsp3) is 0.833. The van der Waals surface area contributed by atoms with Gasteiger partial charge in [0.05, 0.1) is 0 Å². The summed E-state index contributed by atoms with van der Waals surface area (Å²) in [5.74, 6) is 3.36. The summed E-state index contributed by atoms with van der Waals surface area (Å²) in [6.45, 7) is 19.3. The van der Waals surface area contributed by atoms with Crippen molar-refractivity contribution >= 4 is 5.78 Å². The first-order valence-electron chi connectivity index (χ1n) is 13.2. The topological polar surface area (TPSA) is 17.1 Å². The average molecular weight is 425 g/mol. The fourth-order valence-corrected chi connectivity index (χ4v) is 9.30. The van der Waals surface area contributed by atoms with Crippen molar-refractivity contribution in [2.24, 2.45) is 45.3 Å². The van der Waals surface area contributed by atoms with Crippen LogP contribution in [0.1, 0.15) is 113 Å². The lowest BCUT2D eigenvalue weighted by atomic mass is 9.41. The van der Waals surface area contributed by atoms with Crippen LogP contribution >= 0.6 is 0 Å². The molecule has 3 saturated carbocycles. The first-order chi connectivity index (χ1) is 14.4. The molecule has 174 valence electrons. The van der Waals surface area contributed by atoms with E-state index in [1.54, 1.807) is 0 Å². The van der Waals surface area contributed by atoms with E-state index in [2.05, 4.69) is 67.5 Å². The summed E-state index contributed by atoms with van der Waals surface area (Å²) in [6.07, 6.45) is 16.2. The Morgan fingerprint density at radius 3 is 2.48 bits per heavy atom. The van der Waals surface area contributed by atoms with Crippen molar-refractivity contribution in [1.29, 1.82) is 0 Å². The molecule has 0 aromatic rings. The van der Waals surface area contributed by atoms with Crippen LogP contribution in [-0.2, 0) is 4.79 Å². The number of carbonyl (C=O) groups is 1. The molecule has 4 aliphatic carbocycles. The smallest absolute Gasteiger partial charge is 0.138 e. The molecule has 3 fully saturated rings. The van der Waals surface area contributed by atoms with Gasteiger partial charge in [-0.1, -0.05) is 64.8 Å². The van der Waals surface area contributed by atoms with Crippen LogP contribution in [0.4, 0.5) is 0 Å². The Hall–Kier alpha value is -0.850. The van der Waals surface area contributed by atoms with Crippen LogP contribution in [0.25, 0.3) is 0 Å². The van der Waals surface area contributed by atoms with Gasteiger partial charge in [-0.25, -0.2) is 0 Å². The minimum atomic E-state index is -0.158. The minimum absolute atomic E-state index is 0.158. The van der Waals surface area contributed by atoms with Gasteiger partial charge in [-0.2, -0.15) is 0 Å². The second-order valence-corrected chi connectivity index (χ2v) is 13.4. The summed E-state index contributed by atoms with van der Waals surface area (Å²) in [7, 11) is 0. The number of Topliss-reactive ketones (excluding diaryl/α,β-unsaturated/α-hetero) is 1. The summed E-state index contributed by atoms with van der Waals surface area (Å²) in [5.41, 5.74) is 4.20. The lowest BCUT2D eigenvalue weighted by Gasteiger charge is -2.63. The van der Waals surface area contributed by atoms with Crippen LogP contribution in [0.3, 0.4) is 0 Å². The third kappa shape index (κ3) is 3.26. The molecule has 1 heteroatoms. The zero-order valence-electron chi connectivity index (χ0n) is 21.7. The fourth-order valence-electron chi connectivity index (χ4n) is 9.30. The maximum atomic E-state index is 12.8. The highest BCUT2D eigenvalue weighted by atomic mass is 16.1. The molecule has 0 aromatic heterocycles. The van der Waals surface area contributed by atoms with Gasteiger partial charge in [-0.05, 0) is 105 Å². The molecule has 4 aliphatic rings. The zero-order chi connectivity index (χ0) is 22.8. The van der Waals surface area contributed by atoms with Gasteiger partial charge < -0.3 is 0 Å². The number of fused-ring (bicyclic) bond motifs is 5. The van der Waals surface area contributed by atoms with Crippen LogP contribution < -0.4 is 0 Å². The third-order valence-corrected chi connectivity index (χ3v) is 11.5. The zero-order valence-corrected chi connectivity index (χ0v) is 21.7. The van der Waals surface area contributed by atoms with Crippen molar-refractivity contribution in [3.63, 3.8) is 0 Å². The molecular weight excluding hydrogens is 376 g/mol. The predicted octanol–water partition coefficient (Wildman–Crippen LogP) is 8.54.